The minimum Gasteiger partial charge on any atom is -0.480 e. The lowest BCUT2D eigenvalue weighted by molar-refractivity contribution is -0.145. The lowest BCUT2D eigenvalue weighted by atomic mass is 9.96. The molecule has 220 valence electrons. The molecule has 3 N–H and O–H groups in total. The Morgan fingerprint density at radius 1 is 0.659 bits per heavy atom. The number of hydrogen-bond acceptors (Lipinski definition) is 8. The van der Waals surface area contributed by atoms with Gasteiger partial charge in [-0.25, -0.2) is 0 Å². The van der Waals surface area contributed by atoms with E-state index in [1.165, 1.54) is 0 Å². The second kappa shape index (κ2) is 12.8. The molecule has 0 fully saturated rings. The molecular weight excluding hydrogens is 554 g/mol. The van der Waals surface area contributed by atoms with Crippen LogP contribution in [0.3, 0.4) is 0 Å². The van der Waals surface area contributed by atoms with Crippen LogP contribution in [-0.4, -0.2) is 63.3 Å². The summed E-state index contributed by atoms with van der Waals surface area (Å²) in [5, 5.41) is 39.2. The van der Waals surface area contributed by atoms with Gasteiger partial charge in [-0.1, -0.05) is 111 Å². The highest BCUT2D eigenvalue weighted by Gasteiger charge is 2.29. The van der Waals surface area contributed by atoms with E-state index in [2.05, 4.69) is 41.2 Å². The number of carbonyl (C=O) groups is 1. The number of nitrogens with zero attached hydrogens (tertiary/aromatic N) is 7. The fourth-order valence-corrected chi connectivity index (χ4v) is 5.58. The van der Waals surface area contributed by atoms with E-state index in [1.54, 1.807) is 0 Å². The van der Waals surface area contributed by atoms with Gasteiger partial charge in [-0.3, -0.25) is 9.69 Å². The Morgan fingerprint density at radius 3 is 1.41 bits per heavy atom. The smallest absolute Gasteiger partial charge is 0.321 e. The molecule has 1 atom stereocenters. The van der Waals surface area contributed by atoms with Crippen LogP contribution in [0, 0.1) is 5.92 Å². The van der Waals surface area contributed by atoms with Crippen molar-refractivity contribution in [3.8, 4) is 45.0 Å². The van der Waals surface area contributed by atoms with E-state index >= 15 is 0 Å². The summed E-state index contributed by atoms with van der Waals surface area (Å²) in [5.74, 6) is 0.133. The Bertz CT molecular complexity index is 1700. The normalized spacial score (nSPS) is 12.1. The summed E-state index contributed by atoms with van der Waals surface area (Å²) in [6.07, 6.45) is 0. The fraction of sp³-hybridized carbons (Fsp3) is 0.182. The van der Waals surface area contributed by atoms with Gasteiger partial charge >= 0.3 is 5.97 Å². The second-order valence-corrected chi connectivity index (χ2v) is 10.9. The van der Waals surface area contributed by atoms with Crippen molar-refractivity contribution in [2.24, 2.45) is 5.92 Å². The first-order valence-electron chi connectivity index (χ1n) is 14.3. The average molecular weight is 586 g/mol. The monoisotopic (exact) mass is 585 g/mol. The first-order valence-corrected chi connectivity index (χ1v) is 14.3. The van der Waals surface area contributed by atoms with E-state index in [9.17, 15) is 9.90 Å². The number of carboxylic acids is 1. The van der Waals surface area contributed by atoms with Crippen LogP contribution in [-0.2, 0) is 17.9 Å². The molecule has 11 heteroatoms. The number of tetrazole rings is 2. The zero-order chi connectivity index (χ0) is 30.5. The van der Waals surface area contributed by atoms with Crippen LogP contribution in [0.1, 0.15) is 25.0 Å². The maximum atomic E-state index is 12.5. The van der Waals surface area contributed by atoms with E-state index in [4.69, 9.17) is 0 Å². The number of aromatic nitrogens is 8. The first-order chi connectivity index (χ1) is 21.5. The van der Waals surface area contributed by atoms with E-state index in [-0.39, 0.29) is 5.92 Å². The largest absolute Gasteiger partial charge is 0.480 e. The topological polar surface area (TPSA) is 149 Å². The van der Waals surface area contributed by atoms with Crippen molar-refractivity contribution in [1.82, 2.24) is 46.1 Å². The Labute approximate surface area is 254 Å². The highest BCUT2D eigenvalue weighted by atomic mass is 16.4. The Kier molecular flexibility index (Phi) is 8.28. The van der Waals surface area contributed by atoms with Gasteiger partial charge in [0.15, 0.2) is 0 Å². The van der Waals surface area contributed by atoms with Crippen LogP contribution in [0.15, 0.2) is 97.1 Å². The molecule has 6 rings (SSSR count). The number of rotatable bonds is 11. The van der Waals surface area contributed by atoms with E-state index in [0.717, 1.165) is 44.5 Å². The number of nitrogens with one attached hydrogen (secondary N) is 2. The predicted molar refractivity (Wildman–Crippen MR) is 166 cm³/mol. The Morgan fingerprint density at radius 2 is 1.07 bits per heavy atom. The van der Waals surface area contributed by atoms with E-state index in [0.29, 0.717) is 24.7 Å². The predicted octanol–water partition coefficient (Wildman–Crippen LogP) is 5.49. The van der Waals surface area contributed by atoms with E-state index < -0.39 is 12.0 Å². The van der Waals surface area contributed by atoms with Gasteiger partial charge in [-0.05, 0) is 49.7 Å². The minimum absolute atomic E-state index is 0.0882. The average Bonchev–Trinajstić information content (AvgIpc) is 3.77. The maximum Gasteiger partial charge on any atom is 0.321 e. The van der Waals surface area contributed by atoms with Crippen LogP contribution in [0.5, 0.6) is 0 Å². The third-order valence-electron chi connectivity index (χ3n) is 7.61. The number of benzene rings is 4. The highest BCUT2D eigenvalue weighted by molar-refractivity contribution is 5.81. The SMILES string of the molecule is CC(C)[C@@H](C(=O)O)N(Cc1ccc(-c2ccccc2-c2nn[nH]n2)cc1)Cc1ccc(-c2ccccc2-c2nn[nH]n2)cc1. The van der Waals surface area contributed by atoms with E-state index in [1.807, 2.05) is 116 Å². The van der Waals surface area contributed by atoms with Gasteiger partial charge in [-0.2, -0.15) is 10.4 Å². The summed E-state index contributed by atoms with van der Waals surface area (Å²) in [7, 11) is 0. The molecule has 44 heavy (non-hydrogen) atoms. The number of H-pyrrole nitrogens is 2. The van der Waals surface area contributed by atoms with Gasteiger partial charge in [-0.15, -0.1) is 20.4 Å². The number of aliphatic carboxylic acids is 1. The molecule has 0 spiro atoms. The molecule has 0 radical (unpaired) electrons. The molecule has 0 bridgehead atoms. The van der Waals surface area contributed by atoms with Gasteiger partial charge in [0.2, 0.25) is 11.6 Å². The lowest BCUT2D eigenvalue weighted by Crippen LogP contribution is -2.43. The highest BCUT2D eigenvalue weighted by Crippen LogP contribution is 2.32. The summed E-state index contributed by atoms with van der Waals surface area (Å²) in [4.78, 5) is 14.5. The molecule has 2 heterocycles. The van der Waals surface area contributed by atoms with Crippen molar-refractivity contribution in [3.63, 3.8) is 0 Å². The molecule has 2 aromatic heterocycles. The zero-order valence-electron chi connectivity index (χ0n) is 24.3. The van der Waals surface area contributed by atoms with Crippen molar-refractivity contribution in [2.45, 2.75) is 33.0 Å². The summed E-state index contributed by atoms with van der Waals surface area (Å²) >= 11 is 0. The number of carboxylic acid groups (broad SMARTS) is 1. The van der Waals surface area contributed by atoms with Crippen molar-refractivity contribution in [3.05, 3.63) is 108 Å². The molecule has 6 aromatic rings. The third kappa shape index (κ3) is 6.13. The number of hydrogen-bond donors (Lipinski definition) is 3. The standard InChI is InChI=1S/C33H31N9O2/c1-21(2)30(33(43)44)42(19-22-11-15-24(16-12-22)26-7-3-5-9-28(26)31-34-38-39-35-31)20-23-13-17-25(18-14-23)27-8-4-6-10-29(27)32-36-40-41-37-32/h3-18,21,30H,19-20H2,1-2H3,(H,43,44)(H,34,35,38,39)(H,36,37,40,41)/t30-/m0/s1. The lowest BCUT2D eigenvalue weighted by Gasteiger charge is -2.31. The summed E-state index contributed by atoms with van der Waals surface area (Å²) in [6.45, 7) is 4.85. The quantitative estimate of drug-likeness (QED) is 0.179. The molecule has 0 aliphatic heterocycles. The van der Waals surface area contributed by atoms with Crippen LogP contribution in [0.2, 0.25) is 0 Å². The van der Waals surface area contributed by atoms with Crippen molar-refractivity contribution in [1.29, 1.82) is 0 Å². The van der Waals surface area contributed by atoms with Crippen LogP contribution >= 0.6 is 0 Å². The summed E-state index contributed by atoms with van der Waals surface area (Å²) < 4.78 is 0. The van der Waals surface area contributed by atoms with Gasteiger partial charge in [0, 0.05) is 24.2 Å². The molecule has 0 amide bonds. The molecule has 0 saturated carbocycles. The van der Waals surface area contributed by atoms with Crippen molar-refractivity contribution < 1.29 is 9.90 Å². The van der Waals surface area contributed by atoms with Crippen LogP contribution in [0.4, 0.5) is 0 Å². The molecule has 4 aromatic carbocycles. The first kappa shape index (κ1) is 28.6. The second-order valence-electron chi connectivity index (χ2n) is 10.9. The van der Waals surface area contributed by atoms with Crippen molar-refractivity contribution >= 4 is 5.97 Å². The van der Waals surface area contributed by atoms with Crippen LogP contribution in [0.25, 0.3) is 45.0 Å². The summed E-state index contributed by atoms with van der Waals surface area (Å²) in [6, 6.07) is 31.5. The Balaban J connectivity index is 1.25. The van der Waals surface area contributed by atoms with Gasteiger partial charge in [0.05, 0.1) is 0 Å². The molecule has 0 saturated heterocycles. The zero-order valence-corrected chi connectivity index (χ0v) is 24.3. The third-order valence-corrected chi connectivity index (χ3v) is 7.61. The summed E-state index contributed by atoms with van der Waals surface area (Å²) in [5.41, 5.74) is 7.79. The van der Waals surface area contributed by atoms with Gasteiger partial charge < -0.3 is 5.11 Å². The molecular formula is C33H31N9O2. The molecule has 0 aliphatic carbocycles. The molecule has 11 nitrogen and oxygen atoms in total. The fourth-order valence-electron chi connectivity index (χ4n) is 5.58. The van der Waals surface area contributed by atoms with Gasteiger partial charge in [0.25, 0.3) is 0 Å². The van der Waals surface area contributed by atoms with Crippen molar-refractivity contribution in [2.75, 3.05) is 0 Å². The molecule has 0 unspecified atom stereocenters. The van der Waals surface area contributed by atoms with Crippen LogP contribution < -0.4 is 0 Å². The molecule has 0 aliphatic rings. The van der Waals surface area contributed by atoms with Gasteiger partial charge in [0.1, 0.15) is 6.04 Å². The maximum absolute atomic E-state index is 12.5. The minimum atomic E-state index is -0.837. The Hall–Kier alpha value is -5.55. The number of aromatic amines is 2.